The summed E-state index contributed by atoms with van der Waals surface area (Å²) in [5.74, 6) is -0.688. The van der Waals surface area contributed by atoms with Crippen molar-refractivity contribution in [2.24, 2.45) is 0 Å². The lowest BCUT2D eigenvalue weighted by Crippen LogP contribution is -2.42. The van der Waals surface area contributed by atoms with Gasteiger partial charge < -0.3 is 9.64 Å². The number of nitrogens with zero attached hydrogens (tertiary/aromatic N) is 1. The van der Waals surface area contributed by atoms with Crippen LogP contribution in [0.3, 0.4) is 0 Å². The van der Waals surface area contributed by atoms with Crippen molar-refractivity contribution in [3.8, 4) is 0 Å². The van der Waals surface area contributed by atoms with E-state index in [0.717, 1.165) is 22.0 Å². The van der Waals surface area contributed by atoms with Crippen LogP contribution in [-0.4, -0.2) is 29.4 Å². The van der Waals surface area contributed by atoms with Crippen molar-refractivity contribution < 1.29 is 14.3 Å². The van der Waals surface area contributed by atoms with Crippen molar-refractivity contribution in [3.05, 3.63) is 75.8 Å². The number of fused-ring (bicyclic) bond motifs is 1. The molecule has 3 rings (SSSR count). The minimum atomic E-state index is -0.806. The maximum absolute atomic E-state index is 12.6. The van der Waals surface area contributed by atoms with E-state index in [1.807, 2.05) is 42.5 Å². The highest BCUT2D eigenvalue weighted by Gasteiger charge is 2.26. The smallest absolute Gasteiger partial charge is 0.331 e. The van der Waals surface area contributed by atoms with Gasteiger partial charge in [-0.05, 0) is 48.2 Å². The van der Waals surface area contributed by atoms with Crippen LogP contribution in [0.1, 0.15) is 23.6 Å². The SMILES string of the molecule is C[C@@H](OC(=O)/C=C/c1cccc(Br)c1)C(=O)N1CCc2ccccc2C1. The third-order valence-electron chi connectivity index (χ3n) is 4.34. The Kier molecular flexibility index (Phi) is 5.89. The minimum Gasteiger partial charge on any atom is -0.449 e. The van der Waals surface area contributed by atoms with Crippen LogP contribution in [0.5, 0.6) is 0 Å². The van der Waals surface area contributed by atoms with E-state index in [-0.39, 0.29) is 5.91 Å². The number of halogens is 1. The van der Waals surface area contributed by atoms with Gasteiger partial charge in [-0.25, -0.2) is 4.79 Å². The van der Waals surface area contributed by atoms with Crippen LogP contribution < -0.4 is 0 Å². The zero-order valence-electron chi connectivity index (χ0n) is 14.5. The topological polar surface area (TPSA) is 46.6 Å². The summed E-state index contributed by atoms with van der Waals surface area (Å²) in [6.07, 6.45) is 3.03. The van der Waals surface area contributed by atoms with Crippen LogP contribution in [0.25, 0.3) is 6.08 Å². The highest BCUT2D eigenvalue weighted by Crippen LogP contribution is 2.19. The van der Waals surface area contributed by atoms with Gasteiger partial charge in [-0.15, -0.1) is 0 Å². The summed E-state index contributed by atoms with van der Waals surface area (Å²) in [5, 5.41) is 0. The third kappa shape index (κ3) is 4.61. The predicted molar refractivity (Wildman–Crippen MR) is 104 cm³/mol. The van der Waals surface area contributed by atoms with Crippen molar-refractivity contribution in [2.75, 3.05) is 6.54 Å². The minimum absolute atomic E-state index is 0.163. The molecule has 4 nitrogen and oxygen atoms in total. The molecule has 0 bridgehead atoms. The number of hydrogen-bond donors (Lipinski definition) is 0. The maximum Gasteiger partial charge on any atom is 0.331 e. The lowest BCUT2D eigenvalue weighted by Gasteiger charge is -2.30. The first kappa shape index (κ1) is 18.4. The highest BCUT2D eigenvalue weighted by molar-refractivity contribution is 9.10. The summed E-state index contributed by atoms with van der Waals surface area (Å²) in [6.45, 7) is 2.82. The van der Waals surface area contributed by atoms with Gasteiger partial charge in [0.25, 0.3) is 5.91 Å². The molecule has 2 aromatic carbocycles. The average molecular weight is 414 g/mol. The second-order valence-corrected chi connectivity index (χ2v) is 7.16. The van der Waals surface area contributed by atoms with Crippen molar-refractivity contribution in [2.45, 2.75) is 26.0 Å². The van der Waals surface area contributed by atoms with Gasteiger partial charge in [0.15, 0.2) is 6.10 Å². The van der Waals surface area contributed by atoms with Gasteiger partial charge >= 0.3 is 5.97 Å². The summed E-state index contributed by atoms with van der Waals surface area (Å²) in [7, 11) is 0. The first-order valence-electron chi connectivity index (χ1n) is 8.53. The molecule has 1 aliphatic rings. The van der Waals surface area contributed by atoms with Crippen molar-refractivity contribution >= 4 is 33.9 Å². The molecule has 0 saturated carbocycles. The molecule has 0 N–H and O–H groups in total. The van der Waals surface area contributed by atoms with Crippen LogP contribution >= 0.6 is 15.9 Å². The molecule has 0 fully saturated rings. The van der Waals surface area contributed by atoms with E-state index >= 15 is 0 Å². The van der Waals surface area contributed by atoms with E-state index in [0.29, 0.717) is 13.1 Å². The fraction of sp³-hybridized carbons (Fsp3) is 0.238. The van der Waals surface area contributed by atoms with Gasteiger partial charge in [0.2, 0.25) is 0 Å². The number of carbonyl (C=O) groups is 2. The molecule has 1 heterocycles. The average Bonchev–Trinajstić information content (AvgIpc) is 2.65. The van der Waals surface area contributed by atoms with E-state index in [2.05, 4.69) is 22.0 Å². The number of ether oxygens (including phenoxy) is 1. The zero-order chi connectivity index (χ0) is 18.5. The van der Waals surface area contributed by atoms with E-state index in [1.165, 1.54) is 11.6 Å². The third-order valence-corrected chi connectivity index (χ3v) is 4.84. The van der Waals surface area contributed by atoms with Crippen molar-refractivity contribution in [1.82, 2.24) is 4.90 Å². The van der Waals surface area contributed by atoms with Crippen LogP contribution in [0, 0.1) is 0 Å². The number of esters is 1. The molecule has 0 aliphatic carbocycles. The molecule has 1 aliphatic heterocycles. The van der Waals surface area contributed by atoms with Crippen LogP contribution in [0.2, 0.25) is 0 Å². The molecule has 1 atom stereocenters. The fourth-order valence-corrected chi connectivity index (χ4v) is 3.40. The Labute approximate surface area is 161 Å². The summed E-state index contributed by atoms with van der Waals surface area (Å²) in [4.78, 5) is 26.3. The lowest BCUT2D eigenvalue weighted by molar-refractivity contribution is -0.155. The Morgan fingerprint density at radius 3 is 2.69 bits per heavy atom. The Morgan fingerprint density at radius 2 is 1.92 bits per heavy atom. The Morgan fingerprint density at radius 1 is 1.15 bits per heavy atom. The van der Waals surface area contributed by atoms with E-state index in [4.69, 9.17) is 4.74 Å². The van der Waals surface area contributed by atoms with Crippen LogP contribution in [0.15, 0.2) is 59.1 Å². The molecule has 26 heavy (non-hydrogen) atoms. The van der Waals surface area contributed by atoms with E-state index < -0.39 is 12.1 Å². The Bertz CT molecular complexity index is 847. The molecule has 0 radical (unpaired) electrons. The predicted octanol–water partition coefficient (Wildman–Crippen LogP) is 3.98. The molecule has 5 heteroatoms. The van der Waals surface area contributed by atoms with Gasteiger partial charge in [-0.2, -0.15) is 0 Å². The fourth-order valence-electron chi connectivity index (χ4n) is 2.98. The normalized spacial score (nSPS) is 14.8. The van der Waals surface area contributed by atoms with Crippen molar-refractivity contribution in [1.29, 1.82) is 0 Å². The number of amides is 1. The van der Waals surface area contributed by atoms with Crippen LogP contribution in [-0.2, 0) is 27.3 Å². The van der Waals surface area contributed by atoms with Crippen LogP contribution in [0.4, 0.5) is 0 Å². The summed E-state index contributed by atoms with van der Waals surface area (Å²) >= 11 is 3.38. The molecule has 0 saturated heterocycles. The molecule has 0 aromatic heterocycles. The van der Waals surface area contributed by atoms with E-state index in [9.17, 15) is 9.59 Å². The number of hydrogen-bond acceptors (Lipinski definition) is 3. The standard InChI is InChI=1S/C21H20BrNO3/c1-15(26-20(24)10-9-16-5-4-8-19(22)13-16)21(25)23-12-11-17-6-2-3-7-18(17)14-23/h2-10,13,15H,11-12,14H2,1H3/b10-9+/t15-/m1/s1. The molecular weight excluding hydrogens is 394 g/mol. The van der Waals surface area contributed by atoms with Gasteiger partial charge in [-0.1, -0.05) is 52.3 Å². The second kappa shape index (κ2) is 8.32. The molecule has 1 amide bonds. The van der Waals surface area contributed by atoms with Gasteiger partial charge in [0.05, 0.1) is 0 Å². The number of rotatable bonds is 4. The monoisotopic (exact) mass is 413 g/mol. The van der Waals surface area contributed by atoms with Crippen molar-refractivity contribution in [3.63, 3.8) is 0 Å². The first-order valence-corrected chi connectivity index (χ1v) is 9.32. The Hall–Kier alpha value is -2.40. The maximum atomic E-state index is 12.6. The zero-order valence-corrected chi connectivity index (χ0v) is 16.1. The Balaban J connectivity index is 1.56. The highest BCUT2D eigenvalue weighted by atomic mass is 79.9. The number of benzene rings is 2. The molecule has 2 aromatic rings. The second-order valence-electron chi connectivity index (χ2n) is 6.25. The van der Waals surface area contributed by atoms with Gasteiger partial charge in [0.1, 0.15) is 0 Å². The number of carbonyl (C=O) groups excluding carboxylic acids is 2. The quantitative estimate of drug-likeness (QED) is 0.562. The summed E-state index contributed by atoms with van der Waals surface area (Å²) in [5.41, 5.74) is 3.31. The van der Waals surface area contributed by atoms with Gasteiger partial charge in [-0.3, -0.25) is 4.79 Å². The molecular formula is C21H20BrNO3. The summed E-state index contributed by atoms with van der Waals surface area (Å²) < 4.78 is 6.21. The largest absolute Gasteiger partial charge is 0.449 e. The molecule has 134 valence electrons. The molecule has 0 spiro atoms. The van der Waals surface area contributed by atoms with Gasteiger partial charge in [0, 0.05) is 23.6 Å². The lowest BCUT2D eigenvalue weighted by atomic mass is 9.99. The van der Waals surface area contributed by atoms with E-state index in [1.54, 1.807) is 17.9 Å². The first-order chi connectivity index (χ1) is 12.5. The molecule has 0 unspecified atom stereocenters. The summed E-state index contributed by atoms with van der Waals surface area (Å²) in [6, 6.07) is 15.7.